The van der Waals surface area contributed by atoms with Gasteiger partial charge in [-0.3, -0.25) is 9.69 Å². The molecule has 5 nitrogen and oxygen atoms in total. The van der Waals surface area contributed by atoms with Crippen LogP contribution in [-0.4, -0.2) is 46.2 Å². The van der Waals surface area contributed by atoms with Crippen LogP contribution >= 0.6 is 12.4 Å². The molecule has 94 valence electrons. The molecule has 0 aliphatic carbocycles. The lowest BCUT2D eigenvalue weighted by Gasteiger charge is -2.25. The first-order valence-corrected chi connectivity index (χ1v) is 4.81. The van der Waals surface area contributed by atoms with Crippen molar-refractivity contribution in [1.29, 1.82) is 0 Å². The molecule has 0 amide bonds. The molecule has 2 N–H and O–H groups in total. The predicted molar refractivity (Wildman–Crippen MR) is 63.0 cm³/mol. The molecular weight excluding hydrogens is 234 g/mol. The minimum absolute atomic E-state index is 0. The van der Waals surface area contributed by atoms with Crippen molar-refractivity contribution in [3.8, 4) is 0 Å². The van der Waals surface area contributed by atoms with Crippen LogP contribution in [0.2, 0.25) is 0 Å². The number of aliphatic carboxylic acids is 2. The van der Waals surface area contributed by atoms with Crippen LogP contribution in [0.25, 0.3) is 0 Å². The van der Waals surface area contributed by atoms with E-state index in [1.54, 1.807) is 4.90 Å². The summed E-state index contributed by atoms with van der Waals surface area (Å²) in [5, 5.41) is 17.6. The second kappa shape index (κ2) is 8.13. The molecule has 0 rings (SSSR count). The van der Waals surface area contributed by atoms with Gasteiger partial charge in [0.15, 0.2) is 0 Å². The third kappa shape index (κ3) is 5.14. The lowest BCUT2D eigenvalue weighted by Crippen LogP contribution is -2.41. The maximum absolute atomic E-state index is 10.9. The van der Waals surface area contributed by atoms with E-state index in [2.05, 4.69) is 6.58 Å². The summed E-state index contributed by atoms with van der Waals surface area (Å²) < 4.78 is 0. The summed E-state index contributed by atoms with van der Waals surface area (Å²) in [7, 11) is 0. The van der Waals surface area contributed by atoms with Gasteiger partial charge in [0.05, 0.1) is 0 Å². The summed E-state index contributed by atoms with van der Waals surface area (Å²) in [6, 6.07) is -0.802. The monoisotopic (exact) mass is 251 g/mol. The average molecular weight is 252 g/mol. The molecule has 0 spiro atoms. The van der Waals surface area contributed by atoms with Gasteiger partial charge in [-0.1, -0.05) is 20.4 Å². The third-order valence-corrected chi connectivity index (χ3v) is 2.28. The molecule has 16 heavy (non-hydrogen) atoms. The van der Waals surface area contributed by atoms with Crippen LogP contribution in [0.15, 0.2) is 12.2 Å². The molecule has 0 heterocycles. The summed E-state index contributed by atoms with van der Waals surface area (Å²) in [6.07, 6.45) is -0.0493. The van der Waals surface area contributed by atoms with Crippen molar-refractivity contribution in [2.75, 3.05) is 13.1 Å². The van der Waals surface area contributed by atoms with Crippen molar-refractivity contribution >= 4 is 24.3 Å². The Labute approximate surface area is 101 Å². The summed E-state index contributed by atoms with van der Waals surface area (Å²) in [5.74, 6) is -2.16. The van der Waals surface area contributed by atoms with Crippen molar-refractivity contribution in [3.05, 3.63) is 12.2 Å². The van der Waals surface area contributed by atoms with Crippen LogP contribution in [0.3, 0.4) is 0 Å². The number of likely N-dealkylation sites (N-methyl/N-ethyl adjacent to an activating group) is 1. The quantitative estimate of drug-likeness (QED) is 0.666. The maximum Gasteiger partial charge on any atom is 0.331 e. The Hall–Kier alpha value is -1.07. The van der Waals surface area contributed by atoms with E-state index in [0.29, 0.717) is 13.1 Å². The second-order valence-electron chi connectivity index (χ2n) is 3.19. The highest BCUT2D eigenvalue weighted by molar-refractivity contribution is 5.87. The van der Waals surface area contributed by atoms with Gasteiger partial charge in [0.25, 0.3) is 0 Å². The first-order chi connectivity index (χ1) is 6.93. The van der Waals surface area contributed by atoms with Crippen LogP contribution in [0.1, 0.15) is 20.3 Å². The molecule has 1 atom stereocenters. The standard InChI is InChI=1S/C10H17NO4.ClH/c1-4-11(5-2)8(10(14)15)6-7(3)9(12)13;/h8H,3-6H2,1-2H3,(H,12,13)(H,14,15);1H. The van der Waals surface area contributed by atoms with E-state index in [-0.39, 0.29) is 24.4 Å². The number of nitrogens with zero attached hydrogens (tertiary/aromatic N) is 1. The molecule has 0 aliphatic heterocycles. The van der Waals surface area contributed by atoms with E-state index in [1.807, 2.05) is 13.8 Å². The van der Waals surface area contributed by atoms with Crippen molar-refractivity contribution in [1.82, 2.24) is 4.90 Å². The van der Waals surface area contributed by atoms with E-state index in [1.165, 1.54) is 0 Å². The fraction of sp³-hybridized carbons (Fsp3) is 0.600. The molecule has 1 unspecified atom stereocenters. The summed E-state index contributed by atoms with van der Waals surface area (Å²) in [5.41, 5.74) is -0.0747. The predicted octanol–water partition coefficient (Wildman–Crippen LogP) is 1.23. The van der Waals surface area contributed by atoms with Gasteiger partial charge < -0.3 is 10.2 Å². The van der Waals surface area contributed by atoms with E-state index < -0.39 is 18.0 Å². The molecule has 0 aliphatic rings. The molecule has 0 aromatic rings. The Morgan fingerprint density at radius 1 is 1.25 bits per heavy atom. The van der Waals surface area contributed by atoms with E-state index in [4.69, 9.17) is 10.2 Å². The first kappa shape index (κ1) is 17.3. The Kier molecular flexibility index (Phi) is 8.80. The number of hydrogen-bond donors (Lipinski definition) is 2. The molecule has 0 fully saturated rings. The maximum atomic E-state index is 10.9. The SMILES string of the molecule is C=C(CC(C(=O)O)N(CC)CC)C(=O)O.Cl. The minimum atomic E-state index is -1.14. The Bertz CT molecular complexity index is 264. The van der Waals surface area contributed by atoms with Crippen molar-refractivity contribution in [2.45, 2.75) is 26.3 Å². The molecule has 0 aromatic carbocycles. The first-order valence-electron chi connectivity index (χ1n) is 4.81. The third-order valence-electron chi connectivity index (χ3n) is 2.28. The number of hydrogen-bond acceptors (Lipinski definition) is 3. The molecule has 0 saturated carbocycles. The number of halogens is 1. The topological polar surface area (TPSA) is 77.8 Å². The van der Waals surface area contributed by atoms with Crippen LogP contribution in [0.4, 0.5) is 0 Å². The normalized spacial score (nSPS) is 11.7. The lowest BCUT2D eigenvalue weighted by atomic mass is 10.1. The zero-order valence-electron chi connectivity index (χ0n) is 9.47. The van der Waals surface area contributed by atoms with Crippen molar-refractivity contribution in [2.24, 2.45) is 0 Å². The summed E-state index contributed by atoms with van der Waals surface area (Å²) in [4.78, 5) is 23.2. The van der Waals surface area contributed by atoms with Gasteiger partial charge in [-0.05, 0) is 13.1 Å². The van der Waals surface area contributed by atoms with E-state index in [0.717, 1.165) is 0 Å². The molecule has 0 aromatic heterocycles. The van der Waals surface area contributed by atoms with Gasteiger partial charge in [-0.25, -0.2) is 4.79 Å². The fourth-order valence-electron chi connectivity index (χ4n) is 1.36. The number of carboxylic acids is 2. The van der Waals surface area contributed by atoms with E-state index >= 15 is 0 Å². The molecule has 0 radical (unpaired) electrons. The smallest absolute Gasteiger partial charge is 0.331 e. The Balaban J connectivity index is 0. The number of rotatable bonds is 7. The van der Waals surface area contributed by atoms with Crippen LogP contribution in [0, 0.1) is 0 Å². The molecule has 0 bridgehead atoms. The van der Waals surface area contributed by atoms with Gasteiger partial charge in [-0.15, -0.1) is 12.4 Å². The minimum Gasteiger partial charge on any atom is -0.480 e. The van der Waals surface area contributed by atoms with Crippen LogP contribution < -0.4 is 0 Å². The van der Waals surface area contributed by atoms with Crippen molar-refractivity contribution < 1.29 is 19.8 Å². The van der Waals surface area contributed by atoms with Gasteiger partial charge in [0.2, 0.25) is 0 Å². The van der Waals surface area contributed by atoms with Crippen LogP contribution in [-0.2, 0) is 9.59 Å². The lowest BCUT2D eigenvalue weighted by molar-refractivity contribution is -0.143. The Morgan fingerprint density at radius 3 is 1.94 bits per heavy atom. The zero-order chi connectivity index (χ0) is 12.0. The highest BCUT2D eigenvalue weighted by Gasteiger charge is 2.25. The zero-order valence-corrected chi connectivity index (χ0v) is 10.3. The second-order valence-corrected chi connectivity index (χ2v) is 3.19. The number of carboxylic acid groups (broad SMARTS) is 2. The van der Waals surface area contributed by atoms with Gasteiger partial charge >= 0.3 is 11.9 Å². The summed E-state index contributed by atoms with van der Waals surface area (Å²) in [6.45, 7) is 8.15. The Morgan fingerprint density at radius 2 is 1.69 bits per heavy atom. The van der Waals surface area contributed by atoms with Gasteiger partial charge in [0, 0.05) is 12.0 Å². The highest BCUT2D eigenvalue weighted by Crippen LogP contribution is 2.10. The van der Waals surface area contributed by atoms with Crippen molar-refractivity contribution in [3.63, 3.8) is 0 Å². The summed E-state index contributed by atoms with van der Waals surface area (Å²) >= 11 is 0. The molecular formula is C10H18ClNO4. The highest BCUT2D eigenvalue weighted by atomic mass is 35.5. The largest absolute Gasteiger partial charge is 0.480 e. The molecule has 6 heteroatoms. The molecule has 0 saturated heterocycles. The fourth-order valence-corrected chi connectivity index (χ4v) is 1.36. The van der Waals surface area contributed by atoms with Gasteiger partial charge in [-0.2, -0.15) is 0 Å². The average Bonchev–Trinajstić information content (AvgIpc) is 2.17. The van der Waals surface area contributed by atoms with E-state index in [9.17, 15) is 9.59 Å². The number of carbonyl (C=O) groups is 2. The van der Waals surface area contributed by atoms with Crippen LogP contribution in [0.5, 0.6) is 0 Å². The van der Waals surface area contributed by atoms with Gasteiger partial charge in [0.1, 0.15) is 6.04 Å².